The first-order chi connectivity index (χ1) is 22.0. The topological polar surface area (TPSA) is 55.8 Å². The van der Waals surface area contributed by atoms with Crippen molar-refractivity contribution in [1.82, 2.24) is 4.90 Å². The normalized spacial score (nSPS) is 12.8. The summed E-state index contributed by atoms with van der Waals surface area (Å²) in [5, 5.41) is 0. The smallest absolute Gasteiger partial charge is 0.308 e. The molecule has 0 saturated carbocycles. The molecule has 2 atom stereocenters. The third-order valence-corrected chi connectivity index (χ3v) is 9.35. The molecule has 0 aromatic heterocycles. The zero-order valence-electron chi connectivity index (χ0n) is 31.2. The van der Waals surface area contributed by atoms with Crippen LogP contribution in [0.5, 0.6) is 0 Å². The van der Waals surface area contributed by atoms with Gasteiger partial charge in [0.05, 0.1) is 25.0 Å². The number of esters is 2. The van der Waals surface area contributed by atoms with Crippen LogP contribution in [0.3, 0.4) is 0 Å². The molecule has 0 heterocycles. The quantitative estimate of drug-likeness (QED) is 0.0511. The van der Waals surface area contributed by atoms with Crippen LogP contribution in [-0.4, -0.2) is 49.7 Å². The van der Waals surface area contributed by atoms with E-state index < -0.39 is 0 Å². The number of rotatable bonds is 35. The Morgan fingerprint density at radius 1 is 0.400 bits per heavy atom. The minimum atomic E-state index is 0.0535. The highest BCUT2D eigenvalue weighted by Gasteiger charge is 2.20. The second-order valence-electron chi connectivity index (χ2n) is 13.7. The van der Waals surface area contributed by atoms with Crippen molar-refractivity contribution in [2.75, 3.05) is 32.8 Å². The van der Waals surface area contributed by atoms with E-state index in [1.54, 1.807) is 0 Å². The molecule has 0 bridgehead atoms. The monoisotopic (exact) mass is 638 g/mol. The van der Waals surface area contributed by atoms with Gasteiger partial charge < -0.3 is 14.4 Å². The molecule has 5 heteroatoms. The van der Waals surface area contributed by atoms with E-state index in [0.717, 1.165) is 89.9 Å². The molecular formula is C40H79NO4. The summed E-state index contributed by atoms with van der Waals surface area (Å²) in [5.74, 6) is 0.324. The minimum Gasteiger partial charge on any atom is -0.465 e. The summed E-state index contributed by atoms with van der Waals surface area (Å²) >= 11 is 0. The van der Waals surface area contributed by atoms with Gasteiger partial charge in [-0.1, -0.05) is 144 Å². The number of carbonyl (C=O) groups excluding carboxylic acids is 2. The third kappa shape index (κ3) is 27.7. The van der Waals surface area contributed by atoms with Crippen LogP contribution >= 0.6 is 0 Å². The van der Waals surface area contributed by atoms with Crippen LogP contribution in [0.1, 0.15) is 202 Å². The zero-order valence-corrected chi connectivity index (χ0v) is 31.2. The summed E-state index contributed by atoms with van der Waals surface area (Å²) < 4.78 is 11.4. The molecule has 45 heavy (non-hydrogen) atoms. The van der Waals surface area contributed by atoms with Crippen LogP contribution in [0.15, 0.2) is 0 Å². The Balaban J connectivity index is 4.12. The largest absolute Gasteiger partial charge is 0.465 e. The van der Waals surface area contributed by atoms with Gasteiger partial charge in [0, 0.05) is 0 Å². The molecule has 2 unspecified atom stereocenters. The van der Waals surface area contributed by atoms with Crippen LogP contribution in [0.2, 0.25) is 0 Å². The lowest BCUT2D eigenvalue weighted by Crippen LogP contribution is -2.27. The van der Waals surface area contributed by atoms with Crippen molar-refractivity contribution in [3.8, 4) is 0 Å². The molecule has 0 rings (SSSR count). The summed E-state index contributed by atoms with van der Waals surface area (Å²) in [6.07, 6.45) is 29.9. The zero-order chi connectivity index (χ0) is 33.2. The summed E-state index contributed by atoms with van der Waals surface area (Å²) in [7, 11) is 0. The van der Waals surface area contributed by atoms with E-state index in [9.17, 15) is 9.59 Å². The van der Waals surface area contributed by atoms with Gasteiger partial charge in [-0.3, -0.25) is 9.59 Å². The van der Waals surface area contributed by atoms with E-state index in [0.29, 0.717) is 13.2 Å². The third-order valence-electron chi connectivity index (χ3n) is 9.35. The van der Waals surface area contributed by atoms with Crippen molar-refractivity contribution in [3.63, 3.8) is 0 Å². The van der Waals surface area contributed by atoms with Gasteiger partial charge in [0.2, 0.25) is 0 Å². The molecule has 0 spiro atoms. The van der Waals surface area contributed by atoms with E-state index >= 15 is 0 Å². The van der Waals surface area contributed by atoms with Gasteiger partial charge in [0.25, 0.3) is 0 Å². The van der Waals surface area contributed by atoms with Gasteiger partial charge in [-0.2, -0.15) is 0 Å². The molecule has 0 aliphatic carbocycles. The van der Waals surface area contributed by atoms with Crippen molar-refractivity contribution in [2.45, 2.75) is 202 Å². The van der Waals surface area contributed by atoms with Crippen molar-refractivity contribution in [2.24, 2.45) is 11.8 Å². The molecule has 0 aromatic carbocycles. The van der Waals surface area contributed by atoms with Crippen LogP contribution in [-0.2, 0) is 19.1 Å². The lowest BCUT2D eigenvalue weighted by Gasteiger charge is -2.22. The number of hydrogen-bond donors (Lipinski definition) is 0. The van der Waals surface area contributed by atoms with Crippen LogP contribution in [0, 0.1) is 11.8 Å². The van der Waals surface area contributed by atoms with E-state index in [1.165, 1.54) is 96.7 Å². The maximum Gasteiger partial charge on any atom is 0.308 e. The van der Waals surface area contributed by atoms with Gasteiger partial charge in [0.15, 0.2) is 0 Å². The first-order valence-electron chi connectivity index (χ1n) is 20.1. The Labute approximate surface area is 281 Å². The van der Waals surface area contributed by atoms with Gasteiger partial charge in [0.1, 0.15) is 0 Å². The van der Waals surface area contributed by atoms with Gasteiger partial charge in [-0.15, -0.1) is 0 Å². The van der Waals surface area contributed by atoms with Gasteiger partial charge >= 0.3 is 11.9 Å². The first kappa shape index (κ1) is 43.9. The summed E-state index contributed by atoms with van der Waals surface area (Å²) in [6, 6.07) is 0. The van der Waals surface area contributed by atoms with E-state index in [2.05, 4.69) is 39.5 Å². The fourth-order valence-electron chi connectivity index (χ4n) is 6.18. The maximum atomic E-state index is 12.7. The first-order valence-corrected chi connectivity index (χ1v) is 20.1. The fraction of sp³-hybridized carbons (Fsp3) is 0.950. The molecule has 0 aliphatic heterocycles. The number of hydrogen-bond acceptors (Lipinski definition) is 5. The molecule has 0 aliphatic rings. The average Bonchev–Trinajstić information content (AvgIpc) is 3.04. The lowest BCUT2D eigenvalue weighted by atomic mass is 9.95. The Morgan fingerprint density at radius 3 is 1.13 bits per heavy atom. The van der Waals surface area contributed by atoms with E-state index in [1.807, 2.05) is 0 Å². The summed E-state index contributed by atoms with van der Waals surface area (Å²) in [5.41, 5.74) is 0. The highest BCUT2D eigenvalue weighted by Crippen LogP contribution is 2.21. The molecular weight excluding hydrogens is 558 g/mol. The van der Waals surface area contributed by atoms with E-state index in [-0.39, 0.29) is 23.8 Å². The Hall–Kier alpha value is -1.10. The minimum absolute atomic E-state index is 0.0535. The molecule has 5 nitrogen and oxygen atoms in total. The van der Waals surface area contributed by atoms with Crippen LogP contribution in [0.4, 0.5) is 0 Å². The maximum absolute atomic E-state index is 12.7. The average molecular weight is 638 g/mol. The Bertz CT molecular complexity index is 590. The predicted octanol–water partition coefficient (Wildman–Crippen LogP) is 11.8. The van der Waals surface area contributed by atoms with Gasteiger partial charge in [-0.25, -0.2) is 0 Å². The lowest BCUT2D eigenvalue weighted by molar-refractivity contribution is -0.150. The number of carbonyl (C=O) groups is 2. The number of unbranched alkanes of at least 4 members (excludes halogenated alkanes) is 15. The number of ether oxygens (including phenoxy) is 2. The Kier molecular flexibility index (Phi) is 33.4. The standard InChI is InChI=1S/C40H79NO4/c1-6-11-16-22-30-37(28-13-8-3)39(42)44-35-26-20-18-24-33-41(32-15-10-5)34-25-19-21-27-36-45-40(43)38(29-14-9-4)31-23-17-12-7-2/h37-38H,6-36H2,1-5H3. The van der Waals surface area contributed by atoms with Crippen molar-refractivity contribution < 1.29 is 19.1 Å². The molecule has 0 radical (unpaired) electrons. The summed E-state index contributed by atoms with van der Waals surface area (Å²) in [4.78, 5) is 28.0. The Morgan fingerprint density at radius 2 is 0.733 bits per heavy atom. The summed E-state index contributed by atoms with van der Waals surface area (Å²) in [6.45, 7) is 15.9. The molecule has 0 saturated heterocycles. The fourth-order valence-corrected chi connectivity index (χ4v) is 6.18. The molecule has 268 valence electrons. The number of nitrogens with zero attached hydrogens (tertiary/aromatic N) is 1. The highest BCUT2D eigenvalue weighted by molar-refractivity contribution is 5.72. The van der Waals surface area contributed by atoms with Crippen LogP contribution < -0.4 is 0 Å². The van der Waals surface area contributed by atoms with Crippen molar-refractivity contribution >= 4 is 11.9 Å². The van der Waals surface area contributed by atoms with E-state index in [4.69, 9.17) is 9.47 Å². The highest BCUT2D eigenvalue weighted by atomic mass is 16.5. The molecule has 0 fully saturated rings. The molecule has 0 amide bonds. The van der Waals surface area contributed by atoms with Crippen molar-refractivity contribution in [3.05, 3.63) is 0 Å². The van der Waals surface area contributed by atoms with Crippen molar-refractivity contribution in [1.29, 1.82) is 0 Å². The second-order valence-corrected chi connectivity index (χ2v) is 13.7. The predicted molar refractivity (Wildman–Crippen MR) is 194 cm³/mol. The second kappa shape index (κ2) is 34.2. The SMILES string of the molecule is CCCCCCC(CCCC)C(=O)OCCCCCCN(CCCC)CCCCCCOC(=O)C(CCCC)CCCCCC. The molecule has 0 aromatic rings. The van der Waals surface area contributed by atoms with Gasteiger partial charge in [-0.05, 0) is 77.4 Å². The van der Waals surface area contributed by atoms with Crippen LogP contribution in [0.25, 0.3) is 0 Å². The molecule has 0 N–H and O–H groups in total.